The maximum Gasteiger partial charge on any atom is 0.337 e. The van der Waals surface area contributed by atoms with Gasteiger partial charge in [-0.2, -0.15) is 0 Å². The van der Waals surface area contributed by atoms with Crippen molar-refractivity contribution >= 4 is 5.97 Å². The number of halogens is 2. The van der Waals surface area contributed by atoms with Crippen LogP contribution in [0.2, 0.25) is 0 Å². The van der Waals surface area contributed by atoms with E-state index in [1.54, 1.807) is 6.07 Å². The summed E-state index contributed by atoms with van der Waals surface area (Å²) in [5.41, 5.74) is 0.828. The topological polar surface area (TPSA) is 53.4 Å². The average Bonchev–Trinajstić information content (AvgIpc) is 2.33. The molecule has 0 unspecified atom stereocenters. The lowest BCUT2D eigenvalue weighted by Crippen LogP contribution is -2.38. The van der Waals surface area contributed by atoms with E-state index in [-0.39, 0.29) is 18.4 Å². The summed E-state index contributed by atoms with van der Waals surface area (Å²) < 4.78 is 25.9. The van der Waals surface area contributed by atoms with Crippen molar-refractivity contribution in [3.05, 3.63) is 29.6 Å². The highest BCUT2D eigenvalue weighted by atomic mass is 19.3. The molecule has 1 saturated heterocycles. The zero-order valence-electron chi connectivity index (χ0n) is 9.77. The van der Waals surface area contributed by atoms with Crippen molar-refractivity contribution in [3.63, 3.8) is 0 Å². The highest BCUT2D eigenvalue weighted by Gasteiger charge is 2.33. The summed E-state index contributed by atoms with van der Waals surface area (Å²) in [6, 6.07) is 3.10. The number of rotatable bonds is 3. The van der Waals surface area contributed by atoms with E-state index in [1.807, 2.05) is 4.90 Å². The first kappa shape index (κ1) is 12.9. The number of nitrogens with zero attached hydrogens (tertiary/aromatic N) is 2. The van der Waals surface area contributed by atoms with Gasteiger partial charge in [0.25, 0.3) is 5.92 Å². The molecule has 18 heavy (non-hydrogen) atoms. The molecule has 6 heteroatoms. The third kappa shape index (κ3) is 3.22. The van der Waals surface area contributed by atoms with Gasteiger partial charge in [0.2, 0.25) is 0 Å². The van der Waals surface area contributed by atoms with Crippen molar-refractivity contribution in [1.82, 2.24) is 9.88 Å². The summed E-state index contributed by atoms with van der Waals surface area (Å²) in [6.45, 7) is 1.17. The molecule has 2 heterocycles. The predicted octanol–water partition coefficient (Wildman–Crippen LogP) is 2.01. The number of carboxylic acid groups (broad SMARTS) is 1. The molecule has 1 aromatic rings. The van der Waals surface area contributed by atoms with Gasteiger partial charge < -0.3 is 5.11 Å². The summed E-state index contributed by atoms with van der Waals surface area (Å²) in [4.78, 5) is 16.6. The van der Waals surface area contributed by atoms with Gasteiger partial charge in [-0.25, -0.2) is 13.6 Å². The molecule has 98 valence electrons. The summed E-state index contributed by atoms with van der Waals surface area (Å²) in [5.74, 6) is -3.57. The zero-order chi connectivity index (χ0) is 13.2. The van der Waals surface area contributed by atoms with E-state index in [0.29, 0.717) is 25.3 Å². The van der Waals surface area contributed by atoms with E-state index in [0.717, 1.165) is 0 Å². The summed E-state index contributed by atoms with van der Waals surface area (Å²) in [6.07, 6.45) is 1.04. The Labute approximate surface area is 103 Å². The molecular formula is C12H14F2N2O2. The molecule has 0 saturated carbocycles. The fraction of sp³-hybridized carbons (Fsp3) is 0.500. The lowest BCUT2D eigenvalue weighted by molar-refractivity contribution is -0.0568. The first-order valence-electron chi connectivity index (χ1n) is 5.75. The van der Waals surface area contributed by atoms with Crippen LogP contribution in [0.4, 0.5) is 8.78 Å². The van der Waals surface area contributed by atoms with Crippen molar-refractivity contribution in [3.8, 4) is 0 Å². The van der Waals surface area contributed by atoms with E-state index in [4.69, 9.17) is 5.11 Å². The van der Waals surface area contributed by atoms with Gasteiger partial charge in [0.15, 0.2) is 0 Å². The number of aromatic nitrogens is 1. The minimum atomic E-state index is -2.54. The molecule has 0 amide bonds. The van der Waals surface area contributed by atoms with Crippen molar-refractivity contribution in [1.29, 1.82) is 0 Å². The van der Waals surface area contributed by atoms with E-state index >= 15 is 0 Å². The number of pyridine rings is 1. The van der Waals surface area contributed by atoms with Gasteiger partial charge in [-0.05, 0) is 12.1 Å². The molecular weight excluding hydrogens is 242 g/mol. The van der Waals surface area contributed by atoms with Crippen LogP contribution in [0.3, 0.4) is 0 Å². The fourth-order valence-corrected chi connectivity index (χ4v) is 1.91. The molecule has 0 aliphatic carbocycles. The number of piperidine rings is 1. The first-order chi connectivity index (χ1) is 8.46. The van der Waals surface area contributed by atoms with Crippen LogP contribution >= 0.6 is 0 Å². The van der Waals surface area contributed by atoms with Gasteiger partial charge in [-0.1, -0.05) is 0 Å². The van der Waals surface area contributed by atoms with Gasteiger partial charge in [0, 0.05) is 38.7 Å². The van der Waals surface area contributed by atoms with Crippen molar-refractivity contribution in [2.24, 2.45) is 0 Å². The second kappa shape index (κ2) is 4.97. The average molecular weight is 256 g/mol. The number of hydrogen-bond acceptors (Lipinski definition) is 3. The molecule has 1 aromatic heterocycles. The Morgan fingerprint density at radius 1 is 1.39 bits per heavy atom. The number of hydrogen-bond donors (Lipinski definition) is 1. The number of alkyl halides is 2. The molecule has 0 aromatic carbocycles. The second-order valence-electron chi connectivity index (χ2n) is 4.48. The van der Waals surface area contributed by atoms with Gasteiger partial charge in [-0.3, -0.25) is 9.88 Å². The maximum atomic E-state index is 13.0. The predicted molar refractivity (Wildman–Crippen MR) is 60.7 cm³/mol. The number of likely N-dealkylation sites (tertiary alicyclic amines) is 1. The van der Waals surface area contributed by atoms with E-state index < -0.39 is 11.9 Å². The molecule has 0 atom stereocenters. The smallest absolute Gasteiger partial charge is 0.337 e. The number of aromatic carboxylic acids is 1. The molecule has 1 N–H and O–H groups in total. The van der Waals surface area contributed by atoms with Crippen LogP contribution in [0.5, 0.6) is 0 Å². The van der Waals surface area contributed by atoms with Crippen molar-refractivity contribution in [2.45, 2.75) is 25.3 Å². The fourth-order valence-electron chi connectivity index (χ4n) is 1.91. The highest BCUT2D eigenvalue weighted by Crippen LogP contribution is 2.28. The molecule has 2 rings (SSSR count). The Balaban J connectivity index is 1.92. The lowest BCUT2D eigenvalue weighted by Gasteiger charge is -2.31. The van der Waals surface area contributed by atoms with Crippen LogP contribution in [0.15, 0.2) is 18.3 Å². The van der Waals surface area contributed by atoms with Crippen LogP contribution in [0, 0.1) is 0 Å². The van der Waals surface area contributed by atoms with Gasteiger partial charge in [0.1, 0.15) is 0 Å². The van der Waals surface area contributed by atoms with Gasteiger partial charge in [-0.15, -0.1) is 0 Å². The number of carbonyl (C=O) groups is 1. The highest BCUT2D eigenvalue weighted by molar-refractivity contribution is 5.87. The molecule has 0 spiro atoms. The Morgan fingerprint density at radius 2 is 2.06 bits per heavy atom. The van der Waals surface area contributed by atoms with Crippen LogP contribution < -0.4 is 0 Å². The second-order valence-corrected chi connectivity index (χ2v) is 4.48. The summed E-state index contributed by atoms with van der Waals surface area (Å²) >= 11 is 0. The van der Waals surface area contributed by atoms with Gasteiger partial charge in [0.05, 0.1) is 11.3 Å². The van der Waals surface area contributed by atoms with E-state index in [2.05, 4.69) is 4.98 Å². The zero-order valence-corrected chi connectivity index (χ0v) is 9.77. The summed E-state index contributed by atoms with van der Waals surface area (Å²) in [5, 5.41) is 8.72. The van der Waals surface area contributed by atoms with Crippen molar-refractivity contribution in [2.75, 3.05) is 13.1 Å². The third-order valence-corrected chi connectivity index (χ3v) is 3.04. The molecule has 1 aliphatic rings. The quantitative estimate of drug-likeness (QED) is 0.898. The Morgan fingerprint density at radius 3 is 2.56 bits per heavy atom. The molecule has 4 nitrogen and oxygen atoms in total. The molecule has 1 aliphatic heterocycles. The molecule has 1 fully saturated rings. The Bertz CT molecular complexity index is 424. The van der Waals surface area contributed by atoms with Crippen molar-refractivity contribution < 1.29 is 18.7 Å². The molecule has 0 radical (unpaired) electrons. The normalized spacial score (nSPS) is 19.7. The minimum absolute atomic E-state index is 0.125. The maximum absolute atomic E-state index is 13.0. The Hall–Kier alpha value is -1.56. The minimum Gasteiger partial charge on any atom is -0.478 e. The van der Waals surface area contributed by atoms with Crippen LogP contribution in [0.1, 0.15) is 28.9 Å². The Kier molecular flexibility index (Phi) is 3.56. The SMILES string of the molecule is O=C(O)c1ccc(CN2CCC(F)(F)CC2)nc1. The van der Waals surface area contributed by atoms with Crippen LogP contribution in [-0.4, -0.2) is 40.0 Å². The van der Waals surface area contributed by atoms with E-state index in [9.17, 15) is 13.6 Å². The van der Waals surface area contributed by atoms with E-state index in [1.165, 1.54) is 12.3 Å². The van der Waals surface area contributed by atoms with Gasteiger partial charge >= 0.3 is 5.97 Å². The van der Waals surface area contributed by atoms with Crippen LogP contribution in [0.25, 0.3) is 0 Å². The van der Waals surface area contributed by atoms with Crippen LogP contribution in [-0.2, 0) is 6.54 Å². The lowest BCUT2D eigenvalue weighted by atomic mass is 10.1. The largest absolute Gasteiger partial charge is 0.478 e. The summed E-state index contributed by atoms with van der Waals surface area (Å²) in [7, 11) is 0. The standard InChI is InChI=1S/C12H14F2N2O2/c13-12(14)3-5-16(6-4-12)8-10-2-1-9(7-15-10)11(17)18/h1-2,7H,3-6,8H2,(H,17,18). The molecule has 0 bridgehead atoms. The monoisotopic (exact) mass is 256 g/mol. The first-order valence-corrected chi connectivity index (χ1v) is 5.75. The third-order valence-electron chi connectivity index (χ3n) is 3.04. The number of carboxylic acids is 1.